The van der Waals surface area contributed by atoms with Crippen LogP contribution in [0.2, 0.25) is 5.02 Å². The van der Waals surface area contributed by atoms with E-state index in [4.69, 9.17) is 21.1 Å². The second-order valence-electron chi connectivity index (χ2n) is 8.66. The average molecular weight is 510 g/mol. The molecule has 0 aliphatic rings. The van der Waals surface area contributed by atoms with Crippen molar-refractivity contribution in [3.63, 3.8) is 0 Å². The molecule has 0 heterocycles. The molecule has 36 heavy (non-hydrogen) atoms. The summed E-state index contributed by atoms with van der Waals surface area (Å²) in [6, 6.07) is 18.2. The van der Waals surface area contributed by atoms with Crippen molar-refractivity contribution in [2.45, 2.75) is 58.3 Å². The van der Waals surface area contributed by atoms with Crippen molar-refractivity contribution in [1.29, 1.82) is 0 Å². The van der Waals surface area contributed by atoms with Crippen molar-refractivity contribution in [2.24, 2.45) is 4.99 Å². The normalized spacial score (nSPS) is 11.1. The second-order valence-corrected chi connectivity index (χ2v) is 9.07. The Morgan fingerprint density at radius 2 is 1.50 bits per heavy atom. The van der Waals surface area contributed by atoms with Crippen LogP contribution in [0.15, 0.2) is 71.7 Å². The molecule has 0 unspecified atom stereocenters. The molecule has 0 aromatic heterocycles. The maximum atomic E-state index is 13.2. The molecule has 3 rings (SSSR count). The maximum Gasteiger partial charge on any atom is 0.343 e. The van der Waals surface area contributed by atoms with Crippen molar-refractivity contribution < 1.29 is 18.7 Å². The van der Waals surface area contributed by atoms with Crippen LogP contribution in [0.4, 0.5) is 10.1 Å². The monoisotopic (exact) mass is 509 g/mol. The third kappa shape index (κ3) is 9.46. The Morgan fingerprint density at radius 3 is 2.17 bits per heavy atom. The average Bonchev–Trinajstić information content (AvgIpc) is 2.89. The Kier molecular flexibility index (Phi) is 11.5. The van der Waals surface area contributed by atoms with Gasteiger partial charge in [0.05, 0.1) is 22.9 Å². The molecule has 0 saturated heterocycles. The first kappa shape index (κ1) is 27.4. The quantitative estimate of drug-likeness (QED) is 0.0942. The van der Waals surface area contributed by atoms with Gasteiger partial charge in [0, 0.05) is 6.21 Å². The van der Waals surface area contributed by atoms with E-state index in [-0.39, 0.29) is 5.02 Å². The molecule has 6 heteroatoms. The van der Waals surface area contributed by atoms with E-state index < -0.39 is 11.8 Å². The van der Waals surface area contributed by atoms with Crippen molar-refractivity contribution >= 4 is 29.5 Å². The Morgan fingerprint density at radius 1 is 0.861 bits per heavy atom. The van der Waals surface area contributed by atoms with Gasteiger partial charge in [-0.25, -0.2) is 9.18 Å². The highest BCUT2D eigenvalue weighted by molar-refractivity contribution is 6.31. The van der Waals surface area contributed by atoms with Gasteiger partial charge in [-0.1, -0.05) is 63.5 Å². The minimum atomic E-state index is -0.484. The summed E-state index contributed by atoms with van der Waals surface area (Å²) >= 11 is 5.77. The second kappa shape index (κ2) is 15.0. The molecule has 0 N–H and O–H groups in total. The van der Waals surface area contributed by atoms with Crippen LogP contribution in [0.25, 0.3) is 0 Å². The number of rotatable bonds is 14. The lowest BCUT2D eigenvalue weighted by atomic mass is 10.1. The van der Waals surface area contributed by atoms with Crippen LogP contribution >= 0.6 is 11.6 Å². The first-order valence-electron chi connectivity index (χ1n) is 12.6. The number of esters is 1. The summed E-state index contributed by atoms with van der Waals surface area (Å²) in [5.74, 6) is 0.257. The van der Waals surface area contributed by atoms with Crippen molar-refractivity contribution in [1.82, 2.24) is 0 Å². The molecule has 3 aromatic carbocycles. The third-order valence-electron chi connectivity index (χ3n) is 5.71. The highest BCUT2D eigenvalue weighted by atomic mass is 35.5. The number of nitrogens with zero attached hydrogens (tertiary/aromatic N) is 1. The molecular weight excluding hydrogens is 477 g/mol. The molecule has 0 bridgehead atoms. The van der Waals surface area contributed by atoms with Crippen LogP contribution in [0.3, 0.4) is 0 Å². The van der Waals surface area contributed by atoms with Gasteiger partial charge in [0.1, 0.15) is 17.3 Å². The van der Waals surface area contributed by atoms with Crippen molar-refractivity contribution in [2.75, 3.05) is 6.61 Å². The number of carbonyl (C=O) groups is 1. The van der Waals surface area contributed by atoms with Crippen LogP contribution in [0.5, 0.6) is 11.5 Å². The summed E-state index contributed by atoms with van der Waals surface area (Å²) < 4.78 is 24.5. The van der Waals surface area contributed by atoms with E-state index in [1.807, 2.05) is 0 Å². The zero-order valence-electron chi connectivity index (χ0n) is 20.7. The van der Waals surface area contributed by atoms with Crippen LogP contribution in [-0.2, 0) is 0 Å². The number of ether oxygens (including phenoxy) is 2. The van der Waals surface area contributed by atoms with Gasteiger partial charge < -0.3 is 9.47 Å². The molecule has 0 spiro atoms. The molecule has 0 radical (unpaired) electrons. The molecule has 190 valence electrons. The standard InChI is InChI=1S/C30H33ClFNO3/c1-2-3-4-5-6-7-8-9-20-35-26-17-12-24(13-18-26)30(34)36-27-15-10-23(11-16-27)22-33-25-14-19-29(32)28(31)21-25/h10-19,21-22H,2-9,20H2,1H3. The van der Waals surface area contributed by atoms with Gasteiger partial charge in [0.25, 0.3) is 0 Å². The Hall–Kier alpha value is -3.18. The Balaban J connectivity index is 1.40. The highest BCUT2D eigenvalue weighted by Gasteiger charge is 2.09. The smallest absolute Gasteiger partial charge is 0.343 e. The fourth-order valence-electron chi connectivity index (χ4n) is 3.62. The zero-order valence-corrected chi connectivity index (χ0v) is 21.5. The summed E-state index contributed by atoms with van der Waals surface area (Å²) in [7, 11) is 0. The zero-order chi connectivity index (χ0) is 25.6. The van der Waals surface area contributed by atoms with Crippen LogP contribution in [-0.4, -0.2) is 18.8 Å². The molecule has 3 aromatic rings. The molecule has 0 aliphatic carbocycles. The predicted octanol–water partition coefficient (Wildman–Crippen LogP) is 8.97. The van der Waals surface area contributed by atoms with Crippen molar-refractivity contribution in [3.05, 3.63) is 88.7 Å². The number of benzene rings is 3. The van der Waals surface area contributed by atoms with Crippen molar-refractivity contribution in [3.8, 4) is 11.5 Å². The minimum absolute atomic E-state index is 0.0232. The summed E-state index contributed by atoms with van der Waals surface area (Å²) in [5.41, 5.74) is 1.80. The number of hydrogen-bond donors (Lipinski definition) is 0. The maximum absolute atomic E-state index is 13.2. The number of hydrogen-bond acceptors (Lipinski definition) is 4. The SMILES string of the molecule is CCCCCCCCCCOc1ccc(C(=O)Oc2ccc(C=Nc3ccc(F)c(Cl)c3)cc2)cc1. The van der Waals surface area contributed by atoms with Gasteiger partial charge in [-0.3, -0.25) is 4.99 Å². The first-order chi connectivity index (χ1) is 17.5. The fourth-order valence-corrected chi connectivity index (χ4v) is 3.79. The van der Waals surface area contributed by atoms with Gasteiger partial charge in [-0.15, -0.1) is 0 Å². The van der Waals surface area contributed by atoms with Gasteiger partial charge in [-0.05, 0) is 78.7 Å². The molecule has 4 nitrogen and oxygen atoms in total. The summed E-state index contributed by atoms with van der Waals surface area (Å²) in [6.45, 7) is 2.92. The molecule has 0 fully saturated rings. The van der Waals surface area contributed by atoms with Gasteiger partial charge in [0.15, 0.2) is 0 Å². The summed E-state index contributed by atoms with van der Waals surface area (Å²) in [4.78, 5) is 16.8. The Bertz CT molecular complexity index is 1110. The number of unbranched alkanes of at least 4 members (excludes halogenated alkanes) is 7. The van der Waals surface area contributed by atoms with E-state index in [2.05, 4.69) is 11.9 Å². The fraction of sp³-hybridized carbons (Fsp3) is 0.333. The number of halogens is 2. The van der Waals surface area contributed by atoms with E-state index in [0.717, 1.165) is 17.7 Å². The third-order valence-corrected chi connectivity index (χ3v) is 6.00. The van der Waals surface area contributed by atoms with E-state index >= 15 is 0 Å². The first-order valence-corrected chi connectivity index (χ1v) is 13.0. The predicted molar refractivity (Wildman–Crippen MR) is 145 cm³/mol. The minimum Gasteiger partial charge on any atom is -0.494 e. The molecule has 0 atom stereocenters. The van der Waals surface area contributed by atoms with Crippen LogP contribution in [0.1, 0.15) is 74.2 Å². The molecule has 0 amide bonds. The van der Waals surface area contributed by atoms with Gasteiger partial charge in [-0.2, -0.15) is 0 Å². The number of carbonyl (C=O) groups excluding carboxylic acids is 1. The summed E-state index contributed by atoms with van der Waals surface area (Å²) in [5, 5.41) is 0.0232. The summed E-state index contributed by atoms with van der Waals surface area (Å²) in [6.07, 6.45) is 11.7. The van der Waals surface area contributed by atoms with Gasteiger partial charge >= 0.3 is 5.97 Å². The van der Waals surface area contributed by atoms with E-state index in [0.29, 0.717) is 23.6 Å². The molecular formula is C30H33ClFNO3. The number of aliphatic imine (C=N–C) groups is 1. The van der Waals surface area contributed by atoms with Gasteiger partial charge in [0.2, 0.25) is 0 Å². The molecule has 0 aliphatic heterocycles. The Labute approximate surface area is 218 Å². The topological polar surface area (TPSA) is 47.9 Å². The van der Waals surface area contributed by atoms with Crippen LogP contribution < -0.4 is 9.47 Å². The lowest BCUT2D eigenvalue weighted by Gasteiger charge is -2.08. The highest BCUT2D eigenvalue weighted by Crippen LogP contribution is 2.22. The molecule has 0 saturated carbocycles. The van der Waals surface area contributed by atoms with E-state index in [1.54, 1.807) is 60.8 Å². The van der Waals surface area contributed by atoms with E-state index in [9.17, 15) is 9.18 Å². The largest absolute Gasteiger partial charge is 0.494 e. The lowest BCUT2D eigenvalue weighted by Crippen LogP contribution is -2.08. The lowest BCUT2D eigenvalue weighted by molar-refractivity contribution is 0.0734. The van der Waals surface area contributed by atoms with E-state index in [1.165, 1.54) is 57.1 Å². The van der Waals surface area contributed by atoms with Crippen LogP contribution in [0, 0.1) is 5.82 Å².